The van der Waals surface area contributed by atoms with E-state index in [1.165, 1.54) is 0 Å². The van der Waals surface area contributed by atoms with Gasteiger partial charge in [-0.05, 0) is 20.8 Å². The summed E-state index contributed by atoms with van der Waals surface area (Å²) >= 11 is 0. The zero-order chi connectivity index (χ0) is 8.43. The molecule has 0 aliphatic heterocycles. The molecule has 0 spiro atoms. The third kappa shape index (κ3) is 1.93. The van der Waals surface area contributed by atoms with Crippen molar-refractivity contribution in [1.29, 1.82) is 0 Å². The monoisotopic (exact) mass is 154 g/mol. The fourth-order valence-corrected chi connectivity index (χ4v) is 0.782. The predicted octanol–water partition coefficient (Wildman–Crippen LogP) is 0.944. The minimum atomic E-state index is 0.386. The number of anilines is 1. The van der Waals surface area contributed by atoms with E-state index in [0.29, 0.717) is 12.0 Å². The minimum Gasteiger partial charge on any atom is -0.351 e. The van der Waals surface area contributed by atoms with E-state index >= 15 is 0 Å². The van der Waals surface area contributed by atoms with E-state index in [1.54, 1.807) is 4.68 Å². The number of rotatable bonds is 2. The van der Waals surface area contributed by atoms with E-state index in [2.05, 4.69) is 29.2 Å². The highest BCUT2D eigenvalue weighted by atomic mass is 15.4. The van der Waals surface area contributed by atoms with Gasteiger partial charge in [-0.3, -0.25) is 4.68 Å². The van der Waals surface area contributed by atoms with E-state index < -0.39 is 0 Å². The average Bonchev–Trinajstić information content (AvgIpc) is 2.10. The Hall–Kier alpha value is -1.06. The van der Waals surface area contributed by atoms with E-state index in [1.807, 2.05) is 14.0 Å². The maximum absolute atomic E-state index is 4.19. The summed E-state index contributed by atoms with van der Waals surface area (Å²) in [6, 6.07) is 0.386. The lowest BCUT2D eigenvalue weighted by molar-refractivity contribution is 0.732. The second-order valence-electron chi connectivity index (χ2n) is 2.91. The molecule has 0 atom stereocenters. The second kappa shape index (κ2) is 2.90. The van der Waals surface area contributed by atoms with Crippen LogP contribution < -0.4 is 5.32 Å². The molecule has 1 rings (SSSR count). The van der Waals surface area contributed by atoms with Crippen LogP contribution in [0.5, 0.6) is 0 Å². The normalized spacial score (nSPS) is 10.6. The highest BCUT2D eigenvalue weighted by Gasteiger charge is 2.02. The summed E-state index contributed by atoms with van der Waals surface area (Å²) < 4.78 is 1.75. The van der Waals surface area contributed by atoms with Crippen molar-refractivity contribution in [2.45, 2.75) is 26.8 Å². The Morgan fingerprint density at radius 1 is 1.45 bits per heavy atom. The zero-order valence-corrected chi connectivity index (χ0v) is 7.42. The van der Waals surface area contributed by atoms with Crippen molar-refractivity contribution in [2.75, 3.05) is 5.32 Å². The van der Waals surface area contributed by atoms with Crippen molar-refractivity contribution in [2.24, 2.45) is 7.05 Å². The molecule has 0 aromatic carbocycles. The standard InChI is InChI=1S/C7H14N4/c1-5(2)8-7-9-6(3)11(4)10-7/h5H,1-4H3,(H,8,10). The maximum Gasteiger partial charge on any atom is 0.242 e. The third-order valence-corrected chi connectivity index (χ3v) is 1.40. The Bertz CT molecular complexity index is 219. The number of hydrogen-bond donors (Lipinski definition) is 1. The first-order valence-corrected chi connectivity index (χ1v) is 3.74. The van der Waals surface area contributed by atoms with Gasteiger partial charge in [0.1, 0.15) is 5.82 Å². The Morgan fingerprint density at radius 3 is 2.45 bits per heavy atom. The van der Waals surface area contributed by atoms with Crippen LogP contribution in [-0.4, -0.2) is 20.8 Å². The van der Waals surface area contributed by atoms with E-state index in [-0.39, 0.29) is 0 Å². The van der Waals surface area contributed by atoms with Crippen LogP contribution in [0.1, 0.15) is 19.7 Å². The predicted molar refractivity (Wildman–Crippen MR) is 44.5 cm³/mol. The van der Waals surface area contributed by atoms with Crippen LogP contribution in [-0.2, 0) is 7.05 Å². The SMILES string of the molecule is Cc1nc(NC(C)C)nn1C. The van der Waals surface area contributed by atoms with E-state index in [4.69, 9.17) is 0 Å². The molecule has 0 saturated carbocycles. The molecular formula is C7H14N4. The molecule has 1 heterocycles. The van der Waals surface area contributed by atoms with Crippen LogP contribution in [0.2, 0.25) is 0 Å². The average molecular weight is 154 g/mol. The number of hydrogen-bond acceptors (Lipinski definition) is 3. The fourth-order valence-electron chi connectivity index (χ4n) is 0.782. The van der Waals surface area contributed by atoms with Crippen LogP contribution >= 0.6 is 0 Å². The number of aromatic nitrogens is 3. The van der Waals surface area contributed by atoms with Gasteiger partial charge in [-0.25, -0.2) is 0 Å². The van der Waals surface area contributed by atoms with Gasteiger partial charge in [-0.1, -0.05) is 0 Å². The number of nitrogens with zero attached hydrogens (tertiary/aromatic N) is 3. The Kier molecular flexibility index (Phi) is 2.12. The van der Waals surface area contributed by atoms with Crippen LogP contribution in [0.3, 0.4) is 0 Å². The zero-order valence-electron chi connectivity index (χ0n) is 7.42. The molecule has 1 N–H and O–H groups in total. The lowest BCUT2D eigenvalue weighted by Gasteiger charge is -2.02. The quantitative estimate of drug-likeness (QED) is 0.689. The van der Waals surface area contributed by atoms with Crippen molar-refractivity contribution in [1.82, 2.24) is 14.8 Å². The first-order valence-electron chi connectivity index (χ1n) is 3.74. The maximum atomic E-state index is 4.19. The summed E-state index contributed by atoms with van der Waals surface area (Å²) in [5.74, 6) is 1.63. The molecule has 4 heteroatoms. The lowest BCUT2D eigenvalue weighted by atomic mass is 10.4. The van der Waals surface area contributed by atoms with Crippen molar-refractivity contribution in [3.8, 4) is 0 Å². The highest BCUT2D eigenvalue weighted by Crippen LogP contribution is 2.01. The van der Waals surface area contributed by atoms with Gasteiger partial charge in [-0.2, -0.15) is 4.98 Å². The van der Waals surface area contributed by atoms with Gasteiger partial charge >= 0.3 is 0 Å². The van der Waals surface area contributed by atoms with Crippen molar-refractivity contribution in [3.63, 3.8) is 0 Å². The molecule has 0 aliphatic rings. The van der Waals surface area contributed by atoms with Gasteiger partial charge in [0.25, 0.3) is 0 Å². The second-order valence-corrected chi connectivity index (χ2v) is 2.91. The van der Waals surface area contributed by atoms with Crippen LogP contribution in [0, 0.1) is 6.92 Å². The summed E-state index contributed by atoms with van der Waals surface area (Å²) in [5, 5.41) is 7.27. The fraction of sp³-hybridized carbons (Fsp3) is 0.714. The first-order chi connectivity index (χ1) is 5.09. The highest BCUT2D eigenvalue weighted by molar-refractivity contribution is 5.23. The van der Waals surface area contributed by atoms with Gasteiger partial charge in [0.15, 0.2) is 0 Å². The Balaban J connectivity index is 2.73. The lowest BCUT2D eigenvalue weighted by Crippen LogP contribution is -2.11. The molecule has 62 valence electrons. The summed E-state index contributed by atoms with van der Waals surface area (Å²) in [7, 11) is 1.88. The Labute approximate surface area is 66.6 Å². The van der Waals surface area contributed by atoms with Crippen molar-refractivity contribution >= 4 is 5.95 Å². The molecule has 1 aromatic rings. The molecule has 11 heavy (non-hydrogen) atoms. The number of aryl methyl sites for hydroxylation is 2. The summed E-state index contributed by atoms with van der Waals surface area (Å²) in [4.78, 5) is 4.19. The molecule has 4 nitrogen and oxygen atoms in total. The van der Waals surface area contributed by atoms with Gasteiger partial charge in [0.05, 0.1) is 0 Å². The van der Waals surface area contributed by atoms with Gasteiger partial charge in [-0.15, -0.1) is 5.10 Å². The van der Waals surface area contributed by atoms with Crippen molar-refractivity contribution in [3.05, 3.63) is 5.82 Å². The first kappa shape index (κ1) is 8.04. The minimum absolute atomic E-state index is 0.386. The molecule has 0 saturated heterocycles. The smallest absolute Gasteiger partial charge is 0.242 e. The van der Waals surface area contributed by atoms with E-state index in [9.17, 15) is 0 Å². The van der Waals surface area contributed by atoms with Crippen molar-refractivity contribution < 1.29 is 0 Å². The summed E-state index contributed by atoms with van der Waals surface area (Å²) in [6.45, 7) is 6.05. The largest absolute Gasteiger partial charge is 0.351 e. The van der Waals surface area contributed by atoms with E-state index in [0.717, 1.165) is 5.82 Å². The molecular weight excluding hydrogens is 140 g/mol. The number of nitrogens with one attached hydrogen (secondary N) is 1. The van der Waals surface area contributed by atoms with Crippen LogP contribution in [0.4, 0.5) is 5.95 Å². The summed E-state index contributed by atoms with van der Waals surface area (Å²) in [5.41, 5.74) is 0. The van der Waals surface area contributed by atoms with Gasteiger partial charge < -0.3 is 5.32 Å². The molecule has 0 radical (unpaired) electrons. The van der Waals surface area contributed by atoms with Gasteiger partial charge in [0, 0.05) is 13.1 Å². The van der Waals surface area contributed by atoms with Crippen LogP contribution in [0.25, 0.3) is 0 Å². The Morgan fingerprint density at radius 2 is 2.09 bits per heavy atom. The molecule has 1 aromatic heterocycles. The molecule has 0 amide bonds. The third-order valence-electron chi connectivity index (χ3n) is 1.40. The topological polar surface area (TPSA) is 42.7 Å². The van der Waals surface area contributed by atoms with Crippen LogP contribution in [0.15, 0.2) is 0 Å². The van der Waals surface area contributed by atoms with Gasteiger partial charge in [0.2, 0.25) is 5.95 Å². The molecule has 0 fully saturated rings. The molecule has 0 bridgehead atoms. The molecule has 0 aliphatic carbocycles. The summed E-state index contributed by atoms with van der Waals surface area (Å²) in [6.07, 6.45) is 0. The molecule has 0 unspecified atom stereocenters.